The van der Waals surface area contributed by atoms with E-state index < -0.39 is 6.04 Å². The highest BCUT2D eigenvalue weighted by atomic mass is 35.5. The zero-order valence-electron chi connectivity index (χ0n) is 17.4. The number of carbonyl (C=O) groups excluding carboxylic acids is 2. The Bertz CT molecular complexity index is 840. The van der Waals surface area contributed by atoms with Crippen molar-refractivity contribution in [3.63, 3.8) is 0 Å². The van der Waals surface area contributed by atoms with E-state index in [0.717, 1.165) is 17.5 Å². The number of hydrogen-bond acceptors (Lipinski definition) is 3. The fraction of sp³-hybridized carbons (Fsp3) is 0.391. The number of nitrogens with one attached hydrogen (secondary N) is 1. The number of nitrogens with zero attached hydrogens (tertiary/aromatic N) is 1. The summed E-state index contributed by atoms with van der Waals surface area (Å²) in [6.07, 6.45) is 0.822. The monoisotopic (exact) mass is 416 g/mol. The molecule has 0 spiro atoms. The summed E-state index contributed by atoms with van der Waals surface area (Å²) in [5, 5.41) is 3.49. The number of amides is 2. The van der Waals surface area contributed by atoms with Gasteiger partial charge < -0.3 is 15.0 Å². The molecule has 5 nitrogen and oxygen atoms in total. The Kier molecular flexibility index (Phi) is 8.52. The SMILES string of the molecule is CCC(C)NC(=O)C(C)N(Cc1cccc(C)c1)C(=O)COc1cccc(Cl)c1. The summed E-state index contributed by atoms with van der Waals surface area (Å²) < 4.78 is 5.62. The lowest BCUT2D eigenvalue weighted by molar-refractivity contribution is -0.142. The van der Waals surface area contributed by atoms with E-state index >= 15 is 0 Å². The fourth-order valence-corrected chi connectivity index (χ4v) is 3.02. The molecule has 0 aliphatic heterocycles. The van der Waals surface area contributed by atoms with Crippen LogP contribution >= 0.6 is 11.6 Å². The highest BCUT2D eigenvalue weighted by molar-refractivity contribution is 6.30. The first kappa shape index (κ1) is 22.8. The number of halogens is 1. The maximum Gasteiger partial charge on any atom is 0.261 e. The van der Waals surface area contributed by atoms with E-state index in [1.165, 1.54) is 0 Å². The molecule has 29 heavy (non-hydrogen) atoms. The van der Waals surface area contributed by atoms with Crippen LogP contribution in [-0.2, 0) is 16.1 Å². The lowest BCUT2D eigenvalue weighted by Crippen LogP contribution is -2.50. The van der Waals surface area contributed by atoms with Gasteiger partial charge >= 0.3 is 0 Å². The smallest absolute Gasteiger partial charge is 0.261 e. The number of ether oxygens (including phenoxy) is 1. The standard InChI is InChI=1S/C23H29ClN2O3/c1-5-17(3)25-23(28)18(4)26(14-19-9-6-8-16(2)12-19)22(27)15-29-21-11-7-10-20(24)13-21/h6-13,17-18H,5,14-15H2,1-4H3,(H,25,28). The molecular weight excluding hydrogens is 388 g/mol. The third kappa shape index (κ3) is 7.09. The van der Waals surface area contributed by atoms with Gasteiger partial charge in [0.05, 0.1) is 0 Å². The lowest BCUT2D eigenvalue weighted by Gasteiger charge is -2.29. The Labute approximate surface area is 178 Å². The van der Waals surface area contributed by atoms with Crippen molar-refractivity contribution < 1.29 is 14.3 Å². The van der Waals surface area contributed by atoms with Crippen LogP contribution < -0.4 is 10.1 Å². The van der Waals surface area contributed by atoms with Crippen LogP contribution in [0.15, 0.2) is 48.5 Å². The fourth-order valence-electron chi connectivity index (χ4n) is 2.84. The van der Waals surface area contributed by atoms with Crippen molar-refractivity contribution in [1.29, 1.82) is 0 Å². The molecule has 1 N–H and O–H groups in total. The van der Waals surface area contributed by atoms with Gasteiger partial charge in [0.2, 0.25) is 5.91 Å². The van der Waals surface area contributed by atoms with E-state index in [9.17, 15) is 9.59 Å². The molecule has 0 bridgehead atoms. The number of rotatable bonds is 9. The molecule has 156 valence electrons. The van der Waals surface area contributed by atoms with Gasteiger partial charge in [-0.2, -0.15) is 0 Å². The van der Waals surface area contributed by atoms with Crippen LogP contribution in [0, 0.1) is 6.92 Å². The summed E-state index contributed by atoms with van der Waals surface area (Å²) in [6, 6.07) is 14.2. The third-order valence-corrected chi connectivity index (χ3v) is 5.00. The Hall–Kier alpha value is -2.53. The summed E-state index contributed by atoms with van der Waals surface area (Å²) in [6.45, 7) is 7.84. The van der Waals surface area contributed by atoms with Gasteiger partial charge in [-0.25, -0.2) is 0 Å². The van der Waals surface area contributed by atoms with Gasteiger partial charge in [-0.3, -0.25) is 9.59 Å². The normalized spacial score (nSPS) is 12.7. The van der Waals surface area contributed by atoms with E-state index in [0.29, 0.717) is 17.3 Å². The minimum absolute atomic E-state index is 0.0450. The molecule has 0 saturated heterocycles. The molecule has 0 aliphatic carbocycles. The molecule has 0 saturated carbocycles. The van der Waals surface area contributed by atoms with Crippen molar-refractivity contribution in [2.75, 3.05) is 6.61 Å². The van der Waals surface area contributed by atoms with Crippen molar-refractivity contribution in [2.24, 2.45) is 0 Å². The van der Waals surface area contributed by atoms with Gasteiger partial charge in [-0.1, -0.05) is 54.4 Å². The maximum absolute atomic E-state index is 13.0. The largest absolute Gasteiger partial charge is 0.484 e. The highest BCUT2D eigenvalue weighted by Gasteiger charge is 2.27. The average Bonchev–Trinajstić information content (AvgIpc) is 2.69. The second kappa shape index (κ2) is 10.9. The van der Waals surface area contributed by atoms with Crippen LogP contribution in [0.2, 0.25) is 5.02 Å². The molecule has 2 rings (SSSR count). The molecule has 0 aliphatic rings. The Morgan fingerprint density at radius 3 is 2.52 bits per heavy atom. The minimum Gasteiger partial charge on any atom is -0.484 e. The van der Waals surface area contributed by atoms with E-state index in [1.807, 2.05) is 45.0 Å². The molecule has 2 atom stereocenters. The second-order valence-electron chi connectivity index (χ2n) is 7.25. The molecule has 2 unspecified atom stereocenters. The first-order chi connectivity index (χ1) is 13.8. The lowest BCUT2D eigenvalue weighted by atomic mass is 10.1. The van der Waals surface area contributed by atoms with Crippen molar-refractivity contribution in [2.45, 2.75) is 52.7 Å². The van der Waals surface area contributed by atoms with E-state index in [1.54, 1.807) is 36.1 Å². The summed E-state index contributed by atoms with van der Waals surface area (Å²) in [7, 11) is 0. The van der Waals surface area contributed by atoms with Crippen LogP contribution in [0.5, 0.6) is 5.75 Å². The van der Waals surface area contributed by atoms with Crippen molar-refractivity contribution in [3.05, 3.63) is 64.7 Å². The van der Waals surface area contributed by atoms with Crippen LogP contribution in [-0.4, -0.2) is 35.4 Å². The summed E-state index contributed by atoms with van der Waals surface area (Å²) in [5.74, 6) is 0.0689. The molecule has 2 aromatic rings. The van der Waals surface area contributed by atoms with Gasteiger partial charge in [0.25, 0.3) is 5.91 Å². The van der Waals surface area contributed by atoms with Crippen molar-refractivity contribution in [3.8, 4) is 5.75 Å². The van der Waals surface area contributed by atoms with Crippen molar-refractivity contribution >= 4 is 23.4 Å². The molecule has 2 aromatic carbocycles. The quantitative estimate of drug-likeness (QED) is 0.660. The van der Waals surface area contributed by atoms with Gasteiger partial charge in [-0.05, 0) is 51.0 Å². The van der Waals surface area contributed by atoms with Crippen LogP contribution in [0.25, 0.3) is 0 Å². The molecular formula is C23H29ClN2O3. The highest BCUT2D eigenvalue weighted by Crippen LogP contribution is 2.18. The van der Waals surface area contributed by atoms with Crippen molar-refractivity contribution in [1.82, 2.24) is 10.2 Å². The average molecular weight is 417 g/mol. The van der Waals surface area contributed by atoms with E-state index in [2.05, 4.69) is 5.32 Å². The Balaban J connectivity index is 2.15. The van der Waals surface area contributed by atoms with Gasteiger partial charge in [0.1, 0.15) is 11.8 Å². The first-order valence-electron chi connectivity index (χ1n) is 9.84. The molecule has 0 aromatic heterocycles. The van der Waals surface area contributed by atoms with Crippen LogP contribution in [0.3, 0.4) is 0 Å². The summed E-state index contributed by atoms with van der Waals surface area (Å²) in [5.41, 5.74) is 2.06. The Morgan fingerprint density at radius 2 is 1.86 bits per heavy atom. The molecule has 6 heteroatoms. The maximum atomic E-state index is 13.0. The Morgan fingerprint density at radius 1 is 1.14 bits per heavy atom. The predicted molar refractivity (Wildman–Crippen MR) is 116 cm³/mol. The van der Waals surface area contributed by atoms with Gasteiger partial charge in [0.15, 0.2) is 6.61 Å². The predicted octanol–water partition coefficient (Wildman–Crippen LogP) is 4.36. The minimum atomic E-state index is -0.625. The molecule has 2 amide bonds. The first-order valence-corrected chi connectivity index (χ1v) is 10.2. The number of hydrogen-bond donors (Lipinski definition) is 1. The molecule has 0 radical (unpaired) electrons. The van der Waals surface area contributed by atoms with Gasteiger partial charge in [-0.15, -0.1) is 0 Å². The third-order valence-electron chi connectivity index (χ3n) is 4.76. The number of aryl methyl sites for hydroxylation is 1. The van der Waals surface area contributed by atoms with E-state index in [-0.39, 0.29) is 24.5 Å². The zero-order chi connectivity index (χ0) is 21.4. The number of carbonyl (C=O) groups is 2. The van der Waals surface area contributed by atoms with Crippen LogP contribution in [0.1, 0.15) is 38.3 Å². The van der Waals surface area contributed by atoms with Crippen LogP contribution in [0.4, 0.5) is 0 Å². The van der Waals surface area contributed by atoms with E-state index in [4.69, 9.17) is 16.3 Å². The molecule has 0 heterocycles. The second-order valence-corrected chi connectivity index (χ2v) is 7.69. The van der Waals surface area contributed by atoms with Gasteiger partial charge in [0, 0.05) is 17.6 Å². The summed E-state index contributed by atoms with van der Waals surface area (Å²) in [4.78, 5) is 27.2. The molecule has 0 fully saturated rings. The topological polar surface area (TPSA) is 58.6 Å². The summed E-state index contributed by atoms with van der Waals surface area (Å²) >= 11 is 5.97. The zero-order valence-corrected chi connectivity index (χ0v) is 18.2. The number of benzene rings is 2.